The third kappa shape index (κ3) is 9.71. The minimum absolute atomic E-state index is 0.509. The molecule has 0 saturated carbocycles. The Morgan fingerprint density at radius 2 is 1.68 bits per heavy atom. The van der Waals surface area contributed by atoms with Gasteiger partial charge in [-0.3, -0.25) is 4.90 Å². The van der Waals surface area contributed by atoms with Gasteiger partial charge in [0.1, 0.15) is 0 Å². The zero-order valence-electron chi connectivity index (χ0n) is 28.8. The van der Waals surface area contributed by atoms with Gasteiger partial charge in [0.15, 0.2) is 0 Å². The average molecular weight is 597 g/mol. The Bertz CT molecular complexity index is 1280. The molecule has 3 N–H and O–H groups in total. The van der Waals surface area contributed by atoms with Gasteiger partial charge >= 0.3 is 0 Å². The molecule has 1 fully saturated rings. The number of likely N-dealkylation sites (tertiary alicyclic amines) is 1. The summed E-state index contributed by atoms with van der Waals surface area (Å²) >= 11 is 0. The highest BCUT2D eigenvalue weighted by Crippen LogP contribution is 2.36. The van der Waals surface area contributed by atoms with E-state index in [1.54, 1.807) is 0 Å². The Balaban J connectivity index is 0.00000169. The Morgan fingerprint density at radius 3 is 2.30 bits per heavy atom. The van der Waals surface area contributed by atoms with Gasteiger partial charge in [0.2, 0.25) is 0 Å². The number of nitrogens with one attached hydrogen (secondary N) is 1. The van der Waals surface area contributed by atoms with Crippen molar-refractivity contribution in [2.45, 2.75) is 105 Å². The molecule has 1 unspecified atom stereocenters. The molecule has 240 valence electrons. The van der Waals surface area contributed by atoms with E-state index in [2.05, 4.69) is 111 Å². The maximum atomic E-state index is 4.85. The van der Waals surface area contributed by atoms with Crippen LogP contribution in [0.1, 0.15) is 96.3 Å². The fraction of sp³-hybridized carbons (Fsp3) is 0.500. The number of hydrogen-bond donors (Lipinski definition) is 2. The number of anilines is 1. The van der Waals surface area contributed by atoms with Crippen molar-refractivity contribution in [3.05, 3.63) is 101 Å². The lowest BCUT2D eigenvalue weighted by atomic mass is 9.90. The smallest absolute Gasteiger partial charge is 0.0407 e. The summed E-state index contributed by atoms with van der Waals surface area (Å²) in [5.74, 6) is 0. The van der Waals surface area contributed by atoms with E-state index in [4.69, 9.17) is 5.73 Å². The van der Waals surface area contributed by atoms with Crippen LogP contribution in [0.5, 0.6) is 0 Å². The molecule has 1 atom stereocenters. The molecule has 0 aromatic heterocycles. The SMILES string of the molecule is C=CCCC(CCC)N(CC)c1cc(-c2ccc(CN3CCCC3)cc2)cc(CC2=C(C)CC=C(C)NC2=C)c1C.CCN. The predicted molar refractivity (Wildman–Crippen MR) is 194 cm³/mol. The standard InChI is InChI=1S/C38H53N3.C2H7N/c1-8-11-15-36(14-9-2)41(10-3)38-26-35(33-20-18-32(19-21-33)27-40-22-12-13-23-40)24-34(30(38)6)25-37-28(4)16-17-29(5)39-31(37)7;1-2-3/h8,17-21,24,26,36,39H,1,7,9-16,22-23,25,27H2,2-6H3;2-3H2,1H3. The number of allylic oxidation sites excluding steroid dienone is 5. The van der Waals surface area contributed by atoms with Crippen molar-refractivity contribution in [3.8, 4) is 11.1 Å². The molecule has 2 aromatic rings. The number of hydrogen-bond acceptors (Lipinski definition) is 4. The van der Waals surface area contributed by atoms with Crippen LogP contribution in [0.15, 0.2) is 84.2 Å². The van der Waals surface area contributed by atoms with Crippen molar-refractivity contribution in [2.24, 2.45) is 5.73 Å². The van der Waals surface area contributed by atoms with Crippen LogP contribution in [0.2, 0.25) is 0 Å². The zero-order chi connectivity index (χ0) is 32.1. The van der Waals surface area contributed by atoms with E-state index in [0.717, 1.165) is 51.0 Å². The maximum Gasteiger partial charge on any atom is 0.0407 e. The Morgan fingerprint density at radius 1 is 1.00 bits per heavy atom. The van der Waals surface area contributed by atoms with Crippen LogP contribution < -0.4 is 16.0 Å². The largest absolute Gasteiger partial charge is 0.369 e. The molecule has 1 saturated heterocycles. The molecule has 2 aliphatic heterocycles. The molecule has 2 aliphatic rings. The first kappa shape index (κ1) is 35.4. The van der Waals surface area contributed by atoms with Crippen LogP contribution in [-0.2, 0) is 13.0 Å². The van der Waals surface area contributed by atoms with Gasteiger partial charge in [-0.15, -0.1) is 6.58 Å². The first-order chi connectivity index (χ1) is 21.3. The quantitative estimate of drug-likeness (QED) is 0.226. The third-order valence-electron chi connectivity index (χ3n) is 9.11. The highest BCUT2D eigenvalue weighted by molar-refractivity contribution is 5.73. The molecule has 0 amide bonds. The van der Waals surface area contributed by atoms with Crippen molar-refractivity contribution in [1.82, 2.24) is 10.2 Å². The lowest BCUT2D eigenvalue weighted by Gasteiger charge is -2.35. The van der Waals surface area contributed by atoms with E-state index in [1.807, 2.05) is 6.92 Å². The van der Waals surface area contributed by atoms with E-state index in [-0.39, 0.29) is 0 Å². The molecular weight excluding hydrogens is 536 g/mol. The highest BCUT2D eigenvalue weighted by Gasteiger charge is 2.22. The molecule has 0 bridgehead atoms. The predicted octanol–water partition coefficient (Wildman–Crippen LogP) is 9.45. The lowest BCUT2D eigenvalue weighted by molar-refractivity contribution is 0.331. The van der Waals surface area contributed by atoms with Crippen LogP contribution in [0, 0.1) is 6.92 Å². The summed E-state index contributed by atoms with van der Waals surface area (Å²) in [6, 6.07) is 14.8. The van der Waals surface area contributed by atoms with Gasteiger partial charge in [0, 0.05) is 36.2 Å². The second-order valence-corrected chi connectivity index (χ2v) is 12.6. The van der Waals surface area contributed by atoms with E-state index < -0.39 is 0 Å². The first-order valence-corrected chi connectivity index (χ1v) is 17.1. The van der Waals surface area contributed by atoms with Gasteiger partial charge in [-0.25, -0.2) is 0 Å². The van der Waals surface area contributed by atoms with Crippen LogP contribution >= 0.6 is 0 Å². The maximum absolute atomic E-state index is 4.85. The summed E-state index contributed by atoms with van der Waals surface area (Å²) in [5, 5.41) is 3.54. The summed E-state index contributed by atoms with van der Waals surface area (Å²) in [7, 11) is 0. The van der Waals surface area contributed by atoms with Crippen LogP contribution in [0.3, 0.4) is 0 Å². The molecule has 4 rings (SSSR count). The van der Waals surface area contributed by atoms with Crippen molar-refractivity contribution < 1.29 is 0 Å². The Hall–Kier alpha value is -3.08. The molecular formula is C40H60N4. The van der Waals surface area contributed by atoms with E-state index in [0.29, 0.717) is 6.04 Å². The lowest BCUT2D eigenvalue weighted by Crippen LogP contribution is -2.36. The second kappa shape index (κ2) is 18.0. The number of rotatable bonds is 13. The molecule has 4 nitrogen and oxygen atoms in total. The van der Waals surface area contributed by atoms with Gasteiger partial charge in [-0.2, -0.15) is 0 Å². The van der Waals surface area contributed by atoms with Gasteiger partial charge in [-0.05, 0) is 132 Å². The molecule has 0 spiro atoms. The molecule has 2 heterocycles. The summed E-state index contributed by atoms with van der Waals surface area (Å²) in [6.07, 6.45) is 13.5. The van der Waals surface area contributed by atoms with Crippen molar-refractivity contribution in [1.29, 1.82) is 0 Å². The topological polar surface area (TPSA) is 44.5 Å². The van der Waals surface area contributed by atoms with Crippen LogP contribution in [0.25, 0.3) is 11.1 Å². The second-order valence-electron chi connectivity index (χ2n) is 12.6. The summed E-state index contributed by atoms with van der Waals surface area (Å²) in [5.41, 5.74) is 18.0. The van der Waals surface area contributed by atoms with Gasteiger partial charge in [-0.1, -0.05) is 74.9 Å². The monoisotopic (exact) mass is 596 g/mol. The molecule has 0 radical (unpaired) electrons. The van der Waals surface area contributed by atoms with Crippen molar-refractivity contribution >= 4 is 5.69 Å². The summed E-state index contributed by atoms with van der Waals surface area (Å²) in [6.45, 7) is 27.0. The minimum Gasteiger partial charge on any atom is -0.369 e. The molecule has 0 aliphatic carbocycles. The van der Waals surface area contributed by atoms with Gasteiger partial charge < -0.3 is 16.0 Å². The zero-order valence-corrected chi connectivity index (χ0v) is 28.8. The first-order valence-electron chi connectivity index (χ1n) is 17.1. The van der Waals surface area contributed by atoms with Crippen LogP contribution in [0.4, 0.5) is 5.69 Å². The summed E-state index contributed by atoms with van der Waals surface area (Å²) < 4.78 is 0. The number of nitrogens with zero attached hydrogens (tertiary/aromatic N) is 2. The van der Waals surface area contributed by atoms with E-state index in [1.165, 1.54) is 89.1 Å². The summed E-state index contributed by atoms with van der Waals surface area (Å²) in [4.78, 5) is 5.25. The van der Waals surface area contributed by atoms with E-state index >= 15 is 0 Å². The van der Waals surface area contributed by atoms with Gasteiger partial charge in [0.25, 0.3) is 0 Å². The number of benzene rings is 2. The minimum atomic E-state index is 0.509. The molecule has 2 aromatic carbocycles. The fourth-order valence-electron chi connectivity index (χ4n) is 6.63. The molecule has 44 heavy (non-hydrogen) atoms. The average Bonchev–Trinajstić information content (AvgIpc) is 3.49. The Kier molecular flexibility index (Phi) is 14.5. The number of nitrogens with two attached hydrogens (primary N) is 1. The third-order valence-corrected chi connectivity index (χ3v) is 9.11. The van der Waals surface area contributed by atoms with E-state index in [9.17, 15) is 0 Å². The Labute approximate surface area is 269 Å². The van der Waals surface area contributed by atoms with Crippen LogP contribution in [-0.4, -0.2) is 37.1 Å². The fourth-order valence-corrected chi connectivity index (χ4v) is 6.63. The van der Waals surface area contributed by atoms with Crippen molar-refractivity contribution in [3.63, 3.8) is 0 Å². The van der Waals surface area contributed by atoms with Gasteiger partial charge in [0.05, 0.1) is 0 Å². The normalized spacial score (nSPS) is 16.1. The highest BCUT2D eigenvalue weighted by atomic mass is 15.2. The molecule has 4 heteroatoms. The van der Waals surface area contributed by atoms with Crippen molar-refractivity contribution in [2.75, 3.05) is 31.1 Å².